The van der Waals surface area contributed by atoms with E-state index >= 15 is 0 Å². The second-order valence-corrected chi connectivity index (χ2v) is 6.42. The van der Waals surface area contributed by atoms with Gasteiger partial charge in [-0.1, -0.05) is 13.0 Å². The average Bonchev–Trinajstić information content (AvgIpc) is 2.96. The quantitative estimate of drug-likeness (QED) is 0.829. The van der Waals surface area contributed by atoms with Crippen LogP contribution >= 0.6 is 0 Å². The number of ether oxygens (including phenoxy) is 2. The summed E-state index contributed by atoms with van der Waals surface area (Å²) >= 11 is 0. The fourth-order valence-corrected chi connectivity index (χ4v) is 3.42. The molecule has 0 bridgehead atoms. The molecule has 1 aromatic heterocycles. The number of carbonyl (C=O) groups excluding carboxylic acids is 1. The molecule has 3 rings (SSSR count). The summed E-state index contributed by atoms with van der Waals surface area (Å²) in [5, 5.41) is 0. The van der Waals surface area contributed by atoms with Crippen molar-refractivity contribution in [2.24, 2.45) is 11.8 Å². The molecule has 0 aromatic carbocycles. The van der Waals surface area contributed by atoms with Crippen LogP contribution in [0.2, 0.25) is 0 Å². The van der Waals surface area contributed by atoms with Gasteiger partial charge in [0.15, 0.2) is 0 Å². The van der Waals surface area contributed by atoms with Gasteiger partial charge >= 0.3 is 0 Å². The van der Waals surface area contributed by atoms with E-state index in [0.717, 1.165) is 38.3 Å². The predicted octanol–water partition coefficient (Wildman–Crippen LogP) is 1.02. The molecule has 6 nitrogen and oxygen atoms in total. The number of morpholine rings is 1. The number of hydrogen-bond donors (Lipinski definition) is 0. The molecule has 126 valence electrons. The van der Waals surface area contributed by atoms with Gasteiger partial charge in [0.2, 0.25) is 11.8 Å². The Morgan fingerprint density at radius 3 is 2.78 bits per heavy atom. The van der Waals surface area contributed by atoms with Gasteiger partial charge in [0.25, 0.3) is 0 Å². The van der Waals surface area contributed by atoms with Gasteiger partial charge in [0, 0.05) is 45.0 Å². The van der Waals surface area contributed by atoms with Gasteiger partial charge in [-0.15, -0.1) is 0 Å². The molecule has 3 heterocycles. The minimum Gasteiger partial charge on any atom is -0.481 e. The molecule has 0 aliphatic carbocycles. The number of hydrogen-bond acceptors (Lipinski definition) is 5. The molecule has 2 atom stereocenters. The van der Waals surface area contributed by atoms with E-state index in [1.807, 2.05) is 23.2 Å². The third-order valence-corrected chi connectivity index (χ3v) is 4.74. The van der Waals surface area contributed by atoms with Crippen LogP contribution in [0.1, 0.15) is 12.5 Å². The van der Waals surface area contributed by atoms with E-state index in [-0.39, 0.29) is 11.8 Å². The normalized spacial score (nSPS) is 25.6. The van der Waals surface area contributed by atoms with E-state index in [2.05, 4.69) is 16.8 Å². The molecule has 0 N–H and O–H groups in total. The molecule has 2 aliphatic heterocycles. The lowest BCUT2D eigenvalue weighted by Gasteiger charge is -2.30. The minimum absolute atomic E-state index is 0.0966. The first-order chi connectivity index (χ1) is 11.2. The number of pyridine rings is 1. The lowest BCUT2D eigenvalue weighted by Crippen LogP contribution is -2.45. The van der Waals surface area contributed by atoms with Gasteiger partial charge in [-0.05, 0) is 11.5 Å². The summed E-state index contributed by atoms with van der Waals surface area (Å²) in [6, 6.07) is 3.92. The highest BCUT2D eigenvalue weighted by Gasteiger charge is 2.37. The van der Waals surface area contributed by atoms with E-state index in [4.69, 9.17) is 9.47 Å². The zero-order valence-electron chi connectivity index (χ0n) is 13.9. The Kier molecular flexibility index (Phi) is 5.13. The van der Waals surface area contributed by atoms with E-state index in [9.17, 15) is 4.79 Å². The number of nitrogens with zero attached hydrogens (tertiary/aromatic N) is 3. The van der Waals surface area contributed by atoms with Gasteiger partial charge < -0.3 is 14.4 Å². The smallest absolute Gasteiger partial charge is 0.227 e. The van der Waals surface area contributed by atoms with Crippen molar-refractivity contribution in [2.75, 3.05) is 46.5 Å². The fourth-order valence-electron chi connectivity index (χ4n) is 3.42. The molecular weight excluding hydrogens is 294 g/mol. The van der Waals surface area contributed by atoms with E-state index in [1.165, 1.54) is 0 Å². The largest absolute Gasteiger partial charge is 0.481 e. The van der Waals surface area contributed by atoms with Crippen LogP contribution in [-0.4, -0.2) is 67.2 Å². The SMILES string of the molecule is COc1ccc(CN2C[C@@H](C)[C@H](C(=O)N3CCOCC3)C2)cn1. The summed E-state index contributed by atoms with van der Waals surface area (Å²) in [5.41, 5.74) is 1.15. The second-order valence-electron chi connectivity index (χ2n) is 6.42. The summed E-state index contributed by atoms with van der Waals surface area (Å²) in [7, 11) is 1.62. The van der Waals surface area contributed by atoms with Crippen LogP contribution < -0.4 is 4.74 Å². The third kappa shape index (κ3) is 3.82. The van der Waals surface area contributed by atoms with E-state index < -0.39 is 0 Å². The average molecular weight is 319 g/mol. The van der Waals surface area contributed by atoms with Crippen LogP contribution in [0, 0.1) is 11.8 Å². The maximum Gasteiger partial charge on any atom is 0.227 e. The Labute approximate surface area is 137 Å². The third-order valence-electron chi connectivity index (χ3n) is 4.74. The topological polar surface area (TPSA) is 54.9 Å². The molecule has 6 heteroatoms. The lowest BCUT2D eigenvalue weighted by atomic mass is 9.96. The Morgan fingerprint density at radius 2 is 2.13 bits per heavy atom. The Bertz CT molecular complexity index is 528. The molecule has 0 unspecified atom stereocenters. The van der Waals surface area contributed by atoms with Crippen LogP contribution in [0.4, 0.5) is 0 Å². The zero-order valence-corrected chi connectivity index (χ0v) is 13.9. The van der Waals surface area contributed by atoms with Crippen LogP contribution in [-0.2, 0) is 16.1 Å². The molecule has 23 heavy (non-hydrogen) atoms. The minimum atomic E-state index is 0.0966. The predicted molar refractivity (Wildman–Crippen MR) is 86.1 cm³/mol. The Balaban J connectivity index is 1.57. The molecule has 0 spiro atoms. The summed E-state index contributed by atoms with van der Waals surface area (Å²) < 4.78 is 10.4. The van der Waals surface area contributed by atoms with Gasteiger partial charge in [0.05, 0.1) is 26.2 Å². The van der Waals surface area contributed by atoms with Gasteiger partial charge in [0.1, 0.15) is 0 Å². The standard InChI is InChI=1S/C17H25N3O3/c1-13-10-19(11-14-3-4-16(22-2)18-9-14)12-15(13)17(21)20-5-7-23-8-6-20/h3-4,9,13,15H,5-8,10-12H2,1-2H3/t13-,15-/m1/s1. The first-order valence-electron chi connectivity index (χ1n) is 8.25. The van der Waals surface area contributed by atoms with Gasteiger partial charge in [-0.2, -0.15) is 0 Å². The van der Waals surface area contributed by atoms with Crippen LogP contribution in [0.3, 0.4) is 0 Å². The Morgan fingerprint density at radius 1 is 1.35 bits per heavy atom. The van der Waals surface area contributed by atoms with E-state index in [1.54, 1.807) is 7.11 Å². The van der Waals surface area contributed by atoms with Gasteiger partial charge in [-0.3, -0.25) is 9.69 Å². The molecule has 2 saturated heterocycles. The van der Waals surface area contributed by atoms with Crippen molar-refractivity contribution in [3.05, 3.63) is 23.9 Å². The first-order valence-corrected chi connectivity index (χ1v) is 8.25. The number of methoxy groups -OCH3 is 1. The molecule has 0 radical (unpaired) electrons. The Hall–Kier alpha value is -1.66. The summed E-state index contributed by atoms with van der Waals surface area (Å²) in [5.74, 6) is 1.40. The van der Waals surface area contributed by atoms with Crippen LogP contribution in [0.25, 0.3) is 0 Å². The maximum absolute atomic E-state index is 12.7. The van der Waals surface area contributed by atoms with Crippen molar-refractivity contribution < 1.29 is 14.3 Å². The second kappa shape index (κ2) is 7.27. The number of carbonyl (C=O) groups is 1. The van der Waals surface area contributed by atoms with Crippen molar-refractivity contribution >= 4 is 5.91 Å². The number of aromatic nitrogens is 1. The van der Waals surface area contributed by atoms with Crippen molar-refractivity contribution in [2.45, 2.75) is 13.5 Å². The van der Waals surface area contributed by atoms with Crippen molar-refractivity contribution in [3.63, 3.8) is 0 Å². The fraction of sp³-hybridized carbons (Fsp3) is 0.647. The highest BCUT2D eigenvalue weighted by atomic mass is 16.5. The van der Waals surface area contributed by atoms with Gasteiger partial charge in [-0.25, -0.2) is 4.98 Å². The summed E-state index contributed by atoms with van der Waals surface area (Å²) in [6.45, 7) is 7.55. The highest BCUT2D eigenvalue weighted by Crippen LogP contribution is 2.26. The molecular formula is C17H25N3O3. The van der Waals surface area contributed by atoms with Crippen molar-refractivity contribution in [1.82, 2.24) is 14.8 Å². The van der Waals surface area contributed by atoms with Crippen LogP contribution in [0.5, 0.6) is 5.88 Å². The van der Waals surface area contributed by atoms with Crippen LogP contribution in [0.15, 0.2) is 18.3 Å². The van der Waals surface area contributed by atoms with Crippen molar-refractivity contribution in [1.29, 1.82) is 0 Å². The first kappa shape index (κ1) is 16.2. The number of rotatable bonds is 4. The molecule has 1 amide bonds. The number of amides is 1. The molecule has 2 fully saturated rings. The van der Waals surface area contributed by atoms with Crippen molar-refractivity contribution in [3.8, 4) is 5.88 Å². The zero-order chi connectivity index (χ0) is 16.2. The lowest BCUT2D eigenvalue weighted by molar-refractivity contribution is -0.140. The maximum atomic E-state index is 12.7. The number of likely N-dealkylation sites (tertiary alicyclic amines) is 1. The highest BCUT2D eigenvalue weighted by molar-refractivity contribution is 5.79. The monoisotopic (exact) mass is 319 g/mol. The van der Waals surface area contributed by atoms with E-state index in [0.29, 0.717) is 25.0 Å². The molecule has 1 aromatic rings. The summed E-state index contributed by atoms with van der Waals surface area (Å²) in [4.78, 5) is 21.3. The molecule has 0 saturated carbocycles. The molecule has 2 aliphatic rings. The summed E-state index contributed by atoms with van der Waals surface area (Å²) in [6.07, 6.45) is 1.85.